The van der Waals surface area contributed by atoms with Crippen molar-refractivity contribution in [1.29, 1.82) is 0 Å². The van der Waals surface area contributed by atoms with Crippen LogP contribution in [0.3, 0.4) is 0 Å². The summed E-state index contributed by atoms with van der Waals surface area (Å²) in [7, 11) is 0. The quantitative estimate of drug-likeness (QED) is 0.309. The van der Waals surface area contributed by atoms with E-state index in [0.717, 1.165) is 83.4 Å². The molecule has 0 bridgehead atoms. The second-order valence-corrected chi connectivity index (χ2v) is 11.7. The lowest BCUT2D eigenvalue weighted by Gasteiger charge is -2.33. The van der Waals surface area contributed by atoms with Crippen LogP contribution in [0, 0.1) is 5.92 Å². The third-order valence-electron chi connectivity index (χ3n) is 8.55. The molecule has 3 heterocycles. The van der Waals surface area contributed by atoms with Crippen molar-refractivity contribution in [2.75, 3.05) is 31.5 Å². The molecule has 1 unspecified atom stereocenters. The molecule has 1 aromatic heterocycles. The molecule has 3 aromatic rings. The van der Waals surface area contributed by atoms with Crippen molar-refractivity contribution in [2.24, 2.45) is 5.92 Å². The number of fused-ring (bicyclic) bond motifs is 1. The van der Waals surface area contributed by atoms with Crippen LogP contribution < -0.4 is 10.6 Å². The van der Waals surface area contributed by atoms with Gasteiger partial charge in [0.25, 0.3) is 6.47 Å². The smallest absolute Gasteiger partial charge is 0.290 e. The molecule has 1 atom stereocenters. The van der Waals surface area contributed by atoms with Gasteiger partial charge >= 0.3 is 0 Å². The van der Waals surface area contributed by atoms with Crippen molar-refractivity contribution in [1.82, 2.24) is 15.2 Å². The first-order chi connectivity index (χ1) is 20.1. The molecule has 0 radical (unpaired) electrons. The number of aryl methyl sites for hydroxylation is 2. The first kappa shape index (κ1) is 28.8. The molecule has 0 spiro atoms. The number of likely N-dealkylation sites (tertiary alicyclic amines) is 1. The predicted molar refractivity (Wildman–Crippen MR) is 163 cm³/mol. The van der Waals surface area contributed by atoms with Crippen molar-refractivity contribution < 1.29 is 14.7 Å². The van der Waals surface area contributed by atoms with Crippen molar-refractivity contribution in [3.8, 4) is 11.1 Å². The molecule has 7 nitrogen and oxygen atoms in total. The van der Waals surface area contributed by atoms with Gasteiger partial charge in [0.15, 0.2) is 0 Å². The first-order valence-corrected chi connectivity index (χ1v) is 15.1. The normalized spacial score (nSPS) is 19.1. The van der Waals surface area contributed by atoms with Crippen molar-refractivity contribution in [3.05, 3.63) is 83.6 Å². The number of benzene rings is 2. The number of hydrogen-bond donors (Lipinski definition) is 3. The van der Waals surface area contributed by atoms with E-state index in [1.54, 1.807) is 0 Å². The van der Waals surface area contributed by atoms with Crippen molar-refractivity contribution >= 4 is 18.2 Å². The SMILES string of the molecule is O=C(NC1(Cc2cccc(-c3ccccc3)c2)CC1)C1CCCN(CCCc2ccc3c(n2)NCCC3)C1.O=CO. The Kier molecular flexibility index (Phi) is 9.67. The summed E-state index contributed by atoms with van der Waals surface area (Å²) < 4.78 is 0. The second kappa shape index (κ2) is 13.8. The number of carbonyl (C=O) groups is 2. The van der Waals surface area contributed by atoms with Gasteiger partial charge in [-0.15, -0.1) is 0 Å². The fourth-order valence-corrected chi connectivity index (χ4v) is 6.21. The van der Waals surface area contributed by atoms with Gasteiger partial charge in [-0.3, -0.25) is 9.59 Å². The van der Waals surface area contributed by atoms with Crippen LogP contribution in [0.2, 0.25) is 0 Å². The summed E-state index contributed by atoms with van der Waals surface area (Å²) in [5, 5.41) is 13.8. The average Bonchev–Trinajstić information content (AvgIpc) is 3.76. The van der Waals surface area contributed by atoms with Gasteiger partial charge < -0.3 is 20.6 Å². The number of piperidine rings is 1. The third-order valence-corrected chi connectivity index (χ3v) is 8.55. The van der Waals surface area contributed by atoms with Gasteiger partial charge in [0, 0.05) is 24.3 Å². The molecule has 1 amide bonds. The molecule has 7 heteroatoms. The molecule has 2 aliphatic heterocycles. The Bertz CT molecular complexity index is 1310. The Morgan fingerprint density at radius 3 is 2.68 bits per heavy atom. The molecule has 2 fully saturated rings. The maximum atomic E-state index is 13.4. The molecule has 216 valence electrons. The van der Waals surface area contributed by atoms with E-state index in [1.165, 1.54) is 34.4 Å². The second-order valence-electron chi connectivity index (χ2n) is 11.7. The predicted octanol–water partition coefficient (Wildman–Crippen LogP) is 5.34. The summed E-state index contributed by atoms with van der Waals surface area (Å²) in [5.74, 6) is 1.45. The lowest BCUT2D eigenvalue weighted by Crippen LogP contribution is -2.47. The number of pyridine rings is 1. The summed E-state index contributed by atoms with van der Waals surface area (Å²) in [6, 6.07) is 23.8. The van der Waals surface area contributed by atoms with E-state index >= 15 is 0 Å². The van der Waals surface area contributed by atoms with Gasteiger partial charge in [0.1, 0.15) is 5.82 Å². The zero-order valence-corrected chi connectivity index (χ0v) is 23.9. The van der Waals surface area contributed by atoms with E-state index in [1.807, 2.05) is 0 Å². The minimum atomic E-state index is -0.250. The van der Waals surface area contributed by atoms with Crippen molar-refractivity contribution in [3.63, 3.8) is 0 Å². The molecule has 41 heavy (non-hydrogen) atoms. The molecule has 1 aliphatic carbocycles. The van der Waals surface area contributed by atoms with E-state index in [0.29, 0.717) is 0 Å². The highest BCUT2D eigenvalue weighted by atomic mass is 16.3. The Hall–Kier alpha value is -3.71. The molecule has 3 aliphatic rings. The largest absolute Gasteiger partial charge is 0.483 e. The molecule has 2 aromatic carbocycles. The summed E-state index contributed by atoms with van der Waals surface area (Å²) in [6.07, 6.45) is 9.58. The number of nitrogens with one attached hydrogen (secondary N) is 2. The number of carboxylic acid groups (broad SMARTS) is 1. The number of anilines is 1. The monoisotopic (exact) mass is 554 g/mol. The van der Waals surface area contributed by atoms with Crippen molar-refractivity contribution in [2.45, 2.75) is 63.3 Å². The Morgan fingerprint density at radius 1 is 1.07 bits per heavy atom. The zero-order chi connectivity index (χ0) is 28.5. The zero-order valence-electron chi connectivity index (χ0n) is 23.9. The topological polar surface area (TPSA) is 94.6 Å². The minimum absolute atomic E-state index is 0.0547. The van der Waals surface area contributed by atoms with E-state index in [-0.39, 0.29) is 23.8 Å². The van der Waals surface area contributed by atoms with Gasteiger partial charge in [-0.25, -0.2) is 4.98 Å². The van der Waals surface area contributed by atoms with Crippen LogP contribution in [-0.2, 0) is 28.9 Å². The lowest BCUT2D eigenvalue weighted by atomic mass is 9.95. The first-order valence-electron chi connectivity index (χ1n) is 15.1. The molecule has 6 rings (SSSR count). The standard InChI is InChI=1S/C33H40N4O.CH2O2/c38-32(36-33(17-18-33)23-25-8-4-11-28(22-25)26-9-2-1-3-10-26)29-13-6-20-37(24-29)21-7-14-30-16-15-27-12-5-19-34-31(27)35-30;2-1-3/h1-4,8-11,15-16,22,29H,5-7,12-14,17-21,23-24H2,(H,34,35)(H,36,38);1H,(H,2,3). The maximum Gasteiger partial charge on any atom is 0.290 e. The molecule has 1 saturated heterocycles. The van der Waals surface area contributed by atoms with Crippen LogP contribution in [0.4, 0.5) is 5.82 Å². The number of aromatic nitrogens is 1. The molecule has 3 N–H and O–H groups in total. The minimum Gasteiger partial charge on any atom is -0.483 e. The van der Waals surface area contributed by atoms with Crippen LogP contribution in [-0.4, -0.2) is 59.1 Å². The number of hydrogen-bond acceptors (Lipinski definition) is 5. The highest BCUT2D eigenvalue weighted by Crippen LogP contribution is 2.39. The van der Waals surface area contributed by atoms with Gasteiger partial charge in [-0.05, 0) is 99.2 Å². The van der Waals surface area contributed by atoms with E-state index < -0.39 is 0 Å². The average molecular weight is 555 g/mol. The van der Waals surface area contributed by atoms with Gasteiger partial charge in [-0.2, -0.15) is 0 Å². The number of carbonyl (C=O) groups excluding carboxylic acids is 1. The molecular weight excluding hydrogens is 512 g/mol. The van der Waals surface area contributed by atoms with E-state index in [9.17, 15) is 4.79 Å². The summed E-state index contributed by atoms with van der Waals surface area (Å²) in [6.45, 7) is 3.79. The van der Waals surface area contributed by atoms with Crippen LogP contribution in [0.1, 0.15) is 55.3 Å². The third kappa shape index (κ3) is 7.94. The highest BCUT2D eigenvalue weighted by Gasteiger charge is 2.45. The lowest BCUT2D eigenvalue weighted by molar-refractivity contribution is -0.127. The molecular formula is C34H42N4O3. The Labute approximate surface area is 243 Å². The van der Waals surface area contributed by atoms with E-state index in [2.05, 4.69) is 82.3 Å². The summed E-state index contributed by atoms with van der Waals surface area (Å²) in [5.41, 5.74) is 6.26. The fourth-order valence-electron chi connectivity index (χ4n) is 6.21. The van der Waals surface area contributed by atoms with Gasteiger partial charge in [0.2, 0.25) is 5.91 Å². The Morgan fingerprint density at radius 2 is 1.88 bits per heavy atom. The van der Waals surface area contributed by atoms with Gasteiger partial charge in [-0.1, -0.05) is 60.7 Å². The van der Waals surface area contributed by atoms with Crippen LogP contribution in [0.5, 0.6) is 0 Å². The number of nitrogens with zero attached hydrogens (tertiary/aromatic N) is 2. The molecule has 1 saturated carbocycles. The highest BCUT2D eigenvalue weighted by molar-refractivity contribution is 5.80. The number of rotatable bonds is 9. The maximum absolute atomic E-state index is 13.4. The summed E-state index contributed by atoms with van der Waals surface area (Å²) in [4.78, 5) is 29.1. The van der Waals surface area contributed by atoms with Crippen LogP contribution in [0.25, 0.3) is 11.1 Å². The van der Waals surface area contributed by atoms with E-state index in [4.69, 9.17) is 14.9 Å². The Balaban J connectivity index is 0.00000108. The van der Waals surface area contributed by atoms with Crippen LogP contribution >= 0.6 is 0 Å². The van der Waals surface area contributed by atoms with Crippen LogP contribution in [0.15, 0.2) is 66.7 Å². The fraction of sp³-hybridized carbons (Fsp3) is 0.441. The number of amides is 1. The van der Waals surface area contributed by atoms with Gasteiger partial charge in [0.05, 0.1) is 5.92 Å². The summed E-state index contributed by atoms with van der Waals surface area (Å²) >= 11 is 0.